The second kappa shape index (κ2) is 9.29. The van der Waals surface area contributed by atoms with Crippen LogP contribution in [0.4, 0.5) is 4.79 Å². The summed E-state index contributed by atoms with van der Waals surface area (Å²) in [7, 11) is 0. The van der Waals surface area contributed by atoms with Gasteiger partial charge in [0.05, 0.1) is 18.1 Å². The molecule has 11 heteroatoms. The third-order valence-corrected chi connectivity index (χ3v) is 6.04. The lowest BCUT2D eigenvalue weighted by molar-refractivity contribution is -0.129. The zero-order valence-corrected chi connectivity index (χ0v) is 17.9. The van der Waals surface area contributed by atoms with Gasteiger partial charge in [-0.05, 0) is 12.5 Å². The summed E-state index contributed by atoms with van der Waals surface area (Å²) >= 11 is 1.31. The highest BCUT2D eigenvalue weighted by Gasteiger charge is 2.36. The topological polar surface area (TPSA) is 107 Å². The predicted molar refractivity (Wildman–Crippen MR) is 116 cm³/mol. The van der Waals surface area contributed by atoms with Crippen molar-refractivity contribution in [3.8, 4) is 0 Å². The summed E-state index contributed by atoms with van der Waals surface area (Å²) in [5.41, 5.74) is 4.52. The maximum absolute atomic E-state index is 12.7. The molecule has 0 aliphatic carbocycles. The molecule has 1 unspecified atom stereocenters. The van der Waals surface area contributed by atoms with Gasteiger partial charge in [0, 0.05) is 32.3 Å². The first-order valence-electron chi connectivity index (χ1n) is 10.1. The smallest absolute Gasteiger partial charge is 0.409 e. The van der Waals surface area contributed by atoms with Crippen molar-refractivity contribution >= 4 is 40.5 Å². The van der Waals surface area contributed by atoms with Gasteiger partial charge in [0.1, 0.15) is 0 Å². The van der Waals surface area contributed by atoms with Crippen LogP contribution in [0.1, 0.15) is 12.5 Å². The van der Waals surface area contributed by atoms with E-state index in [-0.39, 0.29) is 23.7 Å². The van der Waals surface area contributed by atoms with E-state index >= 15 is 0 Å². The molecule has 0 radical (unpaired) electrons. The van der Waals surface area contributed by atoms with Gasteiger partial charge >= 0.3 is 6.09 Å². The summed E-state index contributed by atoms with van der Waals surface area (Å²) in [4.78, 5) is 41.8. The van der Waals surface area contributed by atoms with Crippen LogP contribution in [0.2, 0.25) is 0 Å². The molecule has 1 fully saturated rings. The molecule has 1 aromatic carbocycles. The number of nitrogens with one attached hydrogen (secondary N) is 2. The van der Waals surface area contributed by atoms with E-state index in [0.29, 0.717) is 38.0 Å². The molecule has 0 aromatic heterocycles. The SMILES string of the molecule is CCOC(=O)N1CCN(C(=O)CSC2=NNC3NC(=O)C=C(c4ccccc4)N23)CC1. The second-order valence-corrected chi connectivity index (χ2v) is 8.00. The van der Waals surface area contributed by atoms with E-state index in [9.17, 15) is 14.4 Å². The van der Waals surface area contributed by atoms with E-state index in [1.165, 1.54) is 17.8 Å². The van der Waals surface area contributed by atoms with Crippen molar-refractivity contribution in [3.63, 3.8) is 0 Å². The molecule has 0 bridgehead atoms. The number of fused-ring (bicyclic) bond motifs is 1. The van der Waals surface area contributed by atoms with Crippen LogP contribution in [0.25, 0.3) is 5.70 Å². The maximum atomic E-state index is 12.7. The van der Waals surface area contributed by atoms with Crippen molar-refractivity contribution in [1.82, 2.24) is 25.4 Å². The Labute approximate surface area is 184 Å². The first kappa shape index (κ1) is 21.0. The first-order valence-corrected chi connectivity index (χ1v) is 11.1. The number of amidine groups is 1. The zero-order chi connectivity index (χ0) is 21.8. The van der Waals surface area contributed by atoms with Crippen LogP contribution < -0.4 is 10.7 Å². The number of thioether (sulfide) groups is 1. The molecule has 1 atom stereocenters. The van der Waals surface area contributed by atoms with Crippen LogP contribution in [0.3, 0.4) is 0 Å². The van der Waals surface area contributed by atoms with Crippen LogP contribution >= 0.6 is 11.8 Å². The summed E-state index contributed by atoms with van der Waals surface area (Å²) in [6, 6.07) is 9.58. The Bertz CT molecular complexity index is 914. The molecule has 1 aromatic rings. The highest BCUT2D eigenvalue weighted by molar-refractivity contribution is 8.14. The molecule has 3 aliphatic heterocycles. The van der Waals surface area contributed by atoms with Gasteiger partial charge in [-0.3, -0.25) is 19.9 Å². The van der Waals surface area contributed by atoms with E-state index in [0.717, 1.165) is 11.3 Å². The Morgan fingerprint density at radius 2 is 1.87 bits per heavy atom. The first-order chi connectivity index (χ1) is 15.1. The number of carbonyl (C=O) groups is 3. The summed E-state index contributed by atoms with van der Waals surface area (Å²) < 4.78 is 5.01. The number of piperazine rings is 1. The minimum atomic E-state index is -0.488. The quantitative estimate of drug-likeness (QED) is 0.702. The number of ether oxygens (including phenoxy) is 1. The van der Waals surface area contributed by atoms with Gasteiger partial charge in [-0.2, -0.15) is 5.10 Å². The van der Waals surface area contributed by atoms with E-state index in [4.69, 9.17) is 4.74 Å². The van der Waals surface area contributed by atoms with Crippen LogP contribution in [-0.4, -0.2) is 82.6 Å². The molecule has 164 valence electrons. The lowest BCUT2D eigenvalue weighted by Crippen LogP contribution is -2.54. The minimum Gasteiger partial charge on any atom is -0.450 e. The fourth-order valence-corrected chi connectivity index (χ4v) is 4.45. The molecule has 31 heavy (non-hydrogen) atoms. The fourth-order valence-electron chi connectivity index (χ4n) is 3.55. The van der Waals surface area contributed by atoms with Crippen molar-refractivity contribution in [2.45, 2.75) is 13.2 Å². The van der Waals surface area contributed by atoms with Gasteiger partial charge in [0.2, 0.25) is 11.8 Å². The highest BCUT2D eigenvalue weighted by atomic mass is 32.2. The van der Waals surface area contributed by atoms with E-state index in [2.05, 4.69) is 15.8 Å². The molecule has 4 rings (SSSR count). The molecular weight excluding hydrogens is 420 g/mol. The predicted octanol–water partition coefficient (Wildman–Crippen LogP) is 0.651. The van der Waals surface area contributed by atoms with Gasteiger partial charge < -0.3 is 19.9 Å². The van der Waals surface area contributed by atoms with Crippen molar-refractivity contribution in [3.05, 3.63) is 42.0 Å². The number of rotatable bonds is 4. The van der Waals surface area contributed by atoms with Crippen molar-refractivity contribution in [1.29, 1.82) is 0 Å². The molecule has 1 saturated heterocycles. The van der Waals surface area contributed by atoms with Crippen LogP contribution in [0.15, 0.2) is 41.5 Å². The summed E-state index contributed by atoms with van der Waals surface area (Å²) in [5, 5.41) is 7.74. The van der Waals surface area contributed by atoms with Gasteiger partial charge in [0.15, 0.2) is 11.5 Å². The normalized spacial score (nSPS) is 20.4. The minimum absolute atomic E-state index is 0.0223. The number of nitrogens with zero attached hydrogens (tertiary/aromatic N) is 4. The molecule has 0 spiro atoms. The highest BCUT2D eigenvalue weighted by Crippen LogP contribution is 2.29. The molecule has 10 nitrogen and oxygen atoms in total. The average molecular weight is 445 g/mol. The third-order valence-electron chi connectivity index (χ3n) is 5.11. The molecule has 2 N–H and O–H groups in total. The van der Waals surface area contributed by atoms with Gasteiger partial charge in [-0.25, -0.2) is 4.79 Å². The molecule has 0 saturated carbocycles. The Morgan fingerprint density at radius 1 is 1.16 bits per heavy atom. The zero-order valence-electron chi connectivity index (χ0n) is 17.1. The number of carbonyl (C=O) groups excluding carboxylic acids is 3. The molecular formula is C20H24N6O4S. The van der Waals surface area contributed by atoms with Crippen molar-refractivity contribution in [2.75, 3.05) is 38.5 Å². The van der Waals surface area contributed by atoms with Gasteiger partial charge in [-0.1, -0.05) is 42.1 Å². The number of hydrogen-bond donors (Lipinski definition) is 2. The largest absolute Gasteiger partial charge is 0.450 e. The van der Waals surface area contributed by atoms with Crippen molar-refractivity contribution < 1.29 is 19.1 Å². The molecule has 3 aliphatic rings. The van der Waals surface area contributed by atoms with Gasteiger partial charge in [-0.15, -0.1) is 0 Å². The maximum Gasteiger partial charge on any atom is 0.409 e. The third kappa shape index (κ3) is 4.61. The fraction of sp³-hybridized carbons (Fsp3) is 0.400. The molecule has 3 amide bonds. The monoisotopic (exact) mass is 444 g/mol. The van der Waals surface area contributed by atoms with Crippen LogP contribution in [0, 0.1) is 0 Å². The Balaban J connectivity index is 1.36. The lowest BCUT2D eigenvalue weighted by atomic mass is 10.1. The second-order valence-electron chi connectivity index (χ2n) is 7.06. The summed E-state index contributed by atoms with van der Waals surface area (Å²) in [6.07, 6.45) is 0.706. The van der Waals surface area contributed by atoms with Crippen LogP contribution in [-0.2, 0) is 14.3 Å². The number of hydrazone groups is 1. The van der Waals surface area contributed by atoms with Gasteiger partial charge in [0.25, 0.3) is 0 Å². The molecule has 3 heterocycles. The Hall–Kier alpha value is -3.21. The van der Waals surface area contributed by atoms with Crippen LogP contribution in [0.5, 0.6) is 0 Å². The van der Waals surface area contributed by atoms with E-state index in [1.54, 1.807) is 16.7 Å². The summed E-state index contributed by atoms with van der Waals surface area (Å²) in [6.45, 7) is 3.97. The van der Waals surface area contributed by atoms with Crippen molar-refractivity contribution in [2.24, 2.45) is 5.10 Å². The summed E-state index contributed by atoms with van der Waals surface area (Å²) in [5.74, 6) is -0.0189. The lowest BCUT2D eigenvalue weighted by Gasteiger charge is -2.34. The van der Waals surface area contributed by atoms with E-state index < -0.39 is 6.29 Å². The Morgan fingerprint density at radius 3 is 2.58 bits per heavy atom. The standard InChI is InChI=1S/C20H24N6O4S/c1-2-30-20(29)25-10-8-24(9-11-25)17(28)13-31-19-23-22-18-21-16(27)12-15(26(18)19)14-6-4-3-5-7-14/h3-7,12,18,22H,2,8-11,13H2,1H3,(H,21,27). The average Bonchev–Trinajstić information content (AvgIpc) is 3.20. The number of benzene rings is 1. The Kier molecular flexibility index (Phi) is 6.31. The van der Waals surface area contributed by atoms with E-state index in [1.807, 2.05) is 35.2 Å². The number of hydrogen-bond acceptors (Lipinski definition) is 8. The number of amides is 3.